The Kier molecular flexibility index (Phi) is 5.12. The van der Waals surface area contributed by atoms with E-state index in [-0.39, 0.29) is 17.5 Å². The van der Waals surface area contributed by atoms with Crippen molar-refractivity contribution in [1.29, 1.82) is 0 Å². The fourth-order valence-electron chi connectivity index (χ4n) is 7.55. The zero-order valence-electron chi connectivity index (χ0n) is 17.9. The van der Waals surface area contributed by atoms with Crippen molar-refractivity contribution in [2.75, 3.05) is 0 Å². The number of hydrogen-bond acceptors (Lipinski definition) is 3. The topological polar surface area (TPSA) is 46.5 Å². The molecular weight excluding hydrogens is 360 g/mol. The van der Waals surface area contributed by atoms with Gasteiger partial charge >= 0.3 is 5.97 Å². The van der Waals surface area contributed by atoms with Gasteiger partial charge in [0, 0.05) is 11.8 Å². The van der Waals surface area contributed by atoms with Gasteiger partial charge in [0.1, 0.15) is 11.9 Å². The quantitative estimate of drug-likeness (QED) is 0.623. The molecule has 3 heteroatoms. The lowest BCUT2D eigenvalue weighted by atomic mass is 9.55. The largest absolute Gasteiger partial charge is 0.508 e. The highest BCUT2D eigenvalue weighted by atomic mass is 16.5. The predicted octanol–water partition coefficient (Wildman–Crippen LogP) is 6.13. The number of benzene rings is 1. The lowest BCUT2D eigenvalue weighted by Crippen LogP contribution is -2.45. The van der Waals surface area contributed by atoms with Crippen molar-refractivity contribution in [2.45, 2.75) is 96.0 Å². The summed E-state index contributed by atoms with van der Waals surface area (Å²) in [6, 6.07) is 6.00. The van der Waals surface area contributed by atoms with Gasteiger partial charge in [0.15, 0.2) is 0 Å². The van der Waals surface area contributed by atoms with Gasteiger partial charge in [-0.1, -0.05) is 38.7 Å². The number of esters is 1. The normalized spacial score (nSPS) is 36.3. The summed E-state index contributed by atoms with van der Waals surface area (Å²) >= 11 is 0. The van der Waals surface area contributed by atoms with Gasteiger partial charge in [0.05, 0.1) is 0 Å². The minimum Gasteiger partial charge on any atom is -0.508 e. The van der Waals surface area contributed by atoms with Crippen LogP contribution in [-0.2, 0) is 16.0 Å². The van der Waals surface area contributed by atoms with E-state index in [9.17, 15) is 9.90 Å². The Bertz CT molecular complexity index is 765. The van der Waals surface area contributed by atoms with Crippen LogP contribution in [0.15, 0.2) is 18.2 Å². The first kappa shape index (κ1) is 19.5. The number of phenols is 1. The molecule has 0 aromatic heterocycles. The molecule has 1 N–H and O–H groups in total. The van der Waals surface area contributed by atoms with Crippen molar-refractivity contribution in [2.24, 2.45) is 23.2 Å². The van der Waals surface area contributed by atoms with Crippen molar-refractivity contribution in [3.05, 3.63) is 29.3 Å². The molecule has 3 saturated carbocycles. The van der Waals surface area contributed by atoms with Gasteiger partial charge in [-0.15, -0.1) is 0 Å². The van der Waals surface area contributed by atoms with Gasteiger partial charge in [-0.3, -0.25) is 4.79 Å². The summed E-state index contributed by atoms with van der Waals surface area (Å²) in [6.45, 7) is 2.40. The molecule has 4 aliphatic rings. The van der Waals surface area contributed by atoms with Crippen LogP contribution in [0.3, 0.4) is 0 Å². The van der Waals surface area contributed by atoms with Crippen LogP contribution < -0.4 is 0 Å². The fourth-order valence-corrected chi connectivity index (χ4v) is 7.55. The van der Waals surface area contributed by atoms with Crippen LogP contribution in [-0.4, -0.2) is 17.2 Å². The summed E-state index contributed by atoms with van der Waals surface area (Å²) < 4.78 is 6.14. The van der Waals surface area contributed by atoms with Gasteiger partial charge in [0.2, 0.25) is 0 Å². The van der Waals surface area contributed by atoms with Crippen molar-refractivity contribution in [3.8, 4) is 5.75 Å². The summed E-state index contributed by atoms with van der Waals surface area (Å²) in [5, 5.41) is 9.86. The summed E-state index contributed by atoms with van der Waals surface area (Å²) in [5.41, 5.74) is 2.97. The van der Waals surface area contributed by atoms with Crippen LogP contribution in [0.1, 0.15) is 94.6 Å². The van der Waals surface area contributed by atoms with Crippen LogP contribution in [0.5, 0.6) is 5.75 Å². The number of carbonyl (C=O) groups is 1. The molecular formula is C26H36O3. The average molecular weight is 397 g/mol. The standard InChI is InChI=1S/C26H36O3/c1-26-15-14-21-20-10-8-19(27)16-18(20)7-9-22(21)23(26)11-12-24(26)29-25(28)13-6-17-4-2-3-5-17/h8,10,16-17,21-24,27H,2-7,9,11-15H2,1H3/t21?,22?,23?,24-,26?/m0/s1. The van der Waals surface area contributed by atoms with Crippen molar-refractivity contribution in [3.63, 3.8) is 0 Å². The SMILES string of the molecule is CC12CCC3c4ccc(O)cc4CCC3C1CC[C@@H]2OC(=O)CCC1CCCC1. The second-order valence-corrected chi connectivity index (χ2v) is 10.6. The molecule has 29 heavy (non-hydrogen) atoms. The molecule has 4 unspecified atom stereocenters. The van der Waals surface area contributed by atoms with Crippen molar-refractivity contribution >= 4 is 5.97 Å². The number of aryl methyl sites for hydroxylation is 1. The molecule has 0 heterocycles. The molecule has 0 spiro atoms. The number of ether oxygens (including phenoxy) is 1. The third-order valence-corrected chi connectivity index (χ3v) is 9.13. The molecule has 3 nitrogen and oxygen atoms in total. The molecule has 1 aromatic rings. The summed E-state index contributed by atoms with van der Waals surface area (Å²) in [6.07, 6.45) is 13.9. The molecule has 158 valence electrons. The monoisotopic (exact) mass is 396 g/mol. The lowest BCUT2D eigenvalue weighted by Gasteiger charge is -2.50. The molecule has 0 amide bonds. The maximum atomic E-state index is 12.6. The maximum Gasteiger partial charge on any atom is 0.306 e. The van der Waals surface area contributed by atoms with E-state index in [0.717, 1.165) is 31.6 Å². The minimum absolute atomic E-state index is 0.0513. The number of rotatable bonds is 4. The Balaban J connectivity index is 1.25. The fraction of sp³-hybridized carbons (Fsp3) is 0.731. The molecule has 3 fully saturated rings. The molecule has 1 aromatic carbocycles. The highest BCUT2D eigenvalue weighted by molar-refractivity contribution is 5.69. The predicted molar refractivity (Wildman–Crippen MR) is 114 cm³/mol. The van der Waals surface area contributed by atoms with Gasteiger partial charge < -0.3 is 9.84 Å². The maximum absolute atomic E-state index is 12.6. The Morgan fingerprint density at radius 3 is 2.79 bits per heavy atom. The Morgan fingerprint density at radius 1 is 1.14 bits per heavy atom. The third-order valence-electron chi connectivity index (χ3n) is 9.13. The zero-order valence-corrected chi connectivity index (χ0v) is 17.9. The van der Waals surface area contributed by atoms with E-state index in [1.54, 1.807) is 0 Å². The van der Waals surface area contributed by atoms with E-state index in [1.165, 1.54) is 56.1 Å². The van der Waals surface area contributed by atoms with E-state index in [1.807, 2.05) is 12.1 Å². The zero-order chi connectivity index (χ0) is 20.0. The molecule has 0 bridgehead atoms. The summed E-state index contributed by atoms with van der Waals surface area (Å²) in [5.74, 6) is 3.19. The second-order valence-electron chi connectivity index (χ2n) is 10.6. The number of phenolic OH excluding ortho intramolecular Hbond substituents is 1. The molecule has 0 aliphatic heterocycles. The number of aromatic hydroxyl groups is 1. The molecule has 5 rings (SSSR count). The van der Waals surface area contributed by atoms with Crippen molar-refractivity contribution in [1.82, 2.24) is 0 Å². The lowest BCUT2D eigenvalue weighted by molar-refractivity contribution is -0.157. The van der Waals surface area contributed by atoms with E-state index in [2.05, 4.69) is 13.0 Å². The summed E-state index contributed by atoms with van der Waals surface area (Å²) in [7, 11) is 0. The van der Waals surface area contributed by atoms with Gasteiger partial charge in [0.25, 0.3) is 0 Å². The minimum atomic E-state index is 0.0513. The number of hydrogen-bond donors (Lipinski definition) is 1. The van der Waals surface area contributed by atoms with Crippen molar-refractivity contribution < 1.29 is 14.6 Å². The molecule has 0 radical (unpaired) electrons. The van der Waals surface area contributed by atoms with Crippen LogP contribution in [0.2, 0.25) is 0 Å². The highest BCUT2D eigenvalue weighted by Gasteiger charge is 2.56. The second kappa shape index (κ2) is 7.63. The Hall–Kier alpha value is -1.51. The smallest absolute Gasteiger partial charge is 0.306 e. The van der Waals surface area contributed by atoms with E-state index < -0.39 is 0 Å². The van der Waals surface area contributed by atoms with Gasteiger partial charge in [-0.05, 0) is 91.9 Å². The van der Waals surface area contributed by atoms with Crippen LogP contribution in [0.25, 0.3) is 0 Å². The molecule has 4 aliphatic carbocycles. The molecule has 5 atom stereocenters. The highest BCUT2D eigenvalue weighted by Crippen LogP contribution is 2.61. The summed E-state index contributed by atoms with van der Waals surface area (Å²) in [4.78, 5) is 12.6. The average Bonchev–Trinajstić information content (AvgIpc) is 3.34. The van der Waals surface area contributed by atoms with Crippen LogP contribution >= 0.6 is 0 Å². The van der Waals surface area contributed by atoms with Gasteiger partial charge in [-0.2, -0.15) is 0 Å². The van der Waals surface area contributed by atoms with E-state index >= 15 is 0 Å². The van der Waals surface area contributed by atoms with Gasteiger partial charge in [-0.25, -0.2) is 0 Å². The van der Waals surface area contributed by atoms with E-state index in [0.29, 0.717) is 29.9 Å². The number of fused-ring (bicyclic) bond motifs is 5. The molecule has 0 saturated heterocycles. The first-order valence-electron chi connectivity index (χ1n) is 12.1. The Morgan fingerprint density at radius 2 is 1.97 bits per heavy atom. The third kappa shape index (κ3) is 3.49. The van der Waals surface area contributed by atoms with Crippen LogP contribution in [0.4, 0.5) is 0 Å². The first-order valence-corrected chi connectivity index (χ1v) is 12.1. The Labute approximate surface area is 175 Å². The number of carbonyl (C=O) groups excluding carboxylic acids is 1. The van der Waals surface area contributed by atoms with Crippen LogP contribution in [0, 0.1) is 23.2 Å². The van der Waals surface area contributed by atoms with E-state index in [4.69, 9.17) is 4.74 Å². The first-order chi connectivity index (χ1) is 14.0.